The van der Waals surface area contributed by atoms with Crippen LogP contribution in [-0.2, 0) is 9.59 Å². The second-order valence-electron chi connectivity index (χ2n) is 5.77. The number of carbonyl (C=O) groups excluding carboxylic acids is 2. The Morgan fingerprint density at radius 1 is 1.19 bits per heavy atom. The van der Waals surface area contributed by atoms with Crippen molar-refractivity contribution >= 4 is 40.1 Å². The molecule has 1 saturated heterocycles. The Labute approximate surface area is 159 Å². The van der Waals surface area contributed by atoms with Gasteiger partial charge in [0.05, 0.1) is 5.69 Å². The van der Waals surface area contributed by atoms with E-state index in [1.54, 1.807) is 12.1 Å². The number of thioether (sulfide) groups is 1. The van der Waals surface area contributed by atoms with Gasteiger partial charge in [0, 0.05) is 18.7 Å². The average Bonchev–Trinajstić information content (AvgIpc) is 2.90. The molecule has 0 unspecified atom stereocenters. The predicted molar refractivity (Wildman–Crippen MR) is 103 cm³/mol. The van der Waals surface area contributed by atoms with Gasteiger partial charge in [-0.3, -0.25) is 14.6 Å². The van der Waals surface area contributed by atoms with Crippen LogP contribution in [0.1, 0.15) is 13.3 Å². The number of aliphatic imine (C=N–C) groups is 1. The second-order valence-corrected chi connectivity index (χ2v) is 6.96. The van der Waals surface area contributed by atoms with Crippen molar-refractivity contribution in [2.45, 2.75) is 18.6 Å². The van der Waals surface area contributed by atoms with Crippen molar-refractivity contribution in [3.05, 3.63) is 60.2 Å². The summed E-state index contributed by atoms with van der Waals surface area (Å²) in [5, 5.41) is 2.75. The lowest BCUT2D eigenvalue weighted by atomic mass is 10.3. The van der Waals surface area contributed by atoms with Gasteiger partial charge in [-0.1, -0.05) is 17.8 Å². The van der Waals surface area contributed by atoms with Gasteiger partial charge in [-0.2, -0.15) is 0 Å². The Kier molecular flexibility index (Phi) is 5.85. The number of hydrogen-bond acceptors (Lipinski definition) is 4. The third-order valence-corrected chi connectivity index (χ3v) is 4.93. The molecular weight excluding hydrogens is 372 g/mol. The van der Waals surface area contributed by atoms with Crippen LogP contribution in [0, 0.1) is 11.6 Å². The molecule has 140 valence electrons. The smallest absolute Gasteiger partial charge is 0.247 e. The maximum atomic E-state index is 13.4. The number of halogens is 2. The van der Waals surface area contributed by atoms with Crippen LogP contribution >= 0.6 is 11.8 Å². The van der Waals surface area contributed by atoms with Crippen LogP contribution in [0.25, 0.3) is 0 Å². The zero-order valence-corrected chi connectivity index (χ0v) is 15.3. The van der Waals surface area contributed by atoms with Crippen LogP contribution in [0.2, 0.25) is 0 Å². The summed E-state index contributed by atoms with van der Waals surface area (Å²) in [4.78, 5) is 30.4. The quantitative estimate of drug-likeness (QED) is 0.491. The molecule has 8 heteroatoms. The summed E-state index contributed by atoms with van der Waals surface area (Å²) in [6.45, 7) is 2.29. The minimum Gasteiger partial charge on any atom is -0.335 e. The van der Waals surface area contributed by atoms with Gasteiger partial charge in [0.2, 0.25) is 11.8 Å². The molecule has 0 spiro atoms. The molecule has 0 radical (unpaired) electrons. The van der Waals surface area contributed by atoms with E-state index in [4.69, 9.17) is 0 Å². The van der Waals surface area contributed by atoms with E-state index in [0.29, 0.717) is 23.1 Å². The van der Waals surface area contributed by atoms with E-state index in [9.17, 15) is 18.4 Å². The van der Waals surface area contributed by atoms with E-state index in [1.165, 1.54) is 36.4 Å². The molecule has 5 nitrogen and oxygen atoms in total. The molecule has 0 aliphatic carbocycles. The van der Waals surface area contributed by atoms with Crippen molar-refractivity contribution in [2.24, 2.45) is 4.99 Å². The van der Waals surface area contributed by atoms with E-state index >= 15 is 0 Å². The molecule has 2 aromatic rings. The van der Waals surface area contributed by atoms with Crippen LogP contribution in [0.15, 0.2) is 53.5 Å². The number of carbonyl (C=O) groups is 2. The zero-order valence-electron chi connectivity index (χ0n) is 14.5. The van der Waals surface area contributed by atoms with Crippen molar-refractivity contribution < 1.29 is 18.4 Å². The number of hydrogen-bond donors (Lipinski definition) is 1. The summed E-state index contributed by atoms with van der Waals surface area (Å²) in [6, 6.07) is 11.1. The van der Waals surface area contributed by atoms with Crippen molar-refractivity contribution in [3.8, 4) is 0 Å². The highest BCUT2D eigenvalue weighted by atomic mass is 32.2. The zero-order chi connectivity index (χ0) is 19.4. The van der Waals surface area contributed by atoms with Crippen LogP contribution in [0.5, 0.6) is 0 Å². The largest absolute Gasteiger partial charge is 0.335 e. The Balaban J connectivity index is 1.75. The average molecular weight is 389 g/mol. The number of imide groups is 1. The topological polar surface area (TPSA) is 61.8 Å². The third kappa shape index (κ3) is 4.51. The molecule has 1 atom stereocenters. The molecular formula is C19H17F2N3O2S. The van der Waals surface area contributed by atoms with Gasteiger partial charge in [-0.05, 0) is 49.4 Å². The highest BCUT2D eigenvalue weighted by Crippen LogP contribution is 2.31. The van der Waals surface area contributed by atoms with Crippen molar-refractivity contribution in [3.63, 3.8) is 0 Å². The van der Waals surface area contributed by atoms with E-state index < -0.39 is 16.9 Å². The molecule has 1 heterocycles. The highest BCUT2D eigenvalue weighted by Gasteiger charge is 2.40. The molecule has 27 heavy (non-hydrogen) atoms. The van der Waals surface area contributed by atoms with Gasteiger partial charge in [-0.25, -0.2) is 13.7 Å². The monoisotopic (exact) mass is 389 g/mol. The van der Waals surface area contributed by atoms with Gasteiger partial charge in [0.25, 0.3) is 0 Å². The number of nitrogens with zero attached hydrogens (tertiary/aromatic N) is 2. The third-order valence-electron chi connectivity index (χ3n) is 3.82. The summed E-state index contributed by atoms with van der Waals surface area (Å²) >= 11 is 1.12. The molecule has 1 aliphatic heterocycles. The SMILES string of the molecule is CCN=C(Nc1cccc(F)c1)S[C@@H]1CC(=O)N(c2ccc(F)cc2)C1=O. The van der Waals surface area contributed by atoms with E-state index in [1.807, 2.05) is 6.92 Å². The molecule has 3 rings (SSSR count). The lowest BCUT2D eigenvalue weighted by molar-refractivity contribution is -0.121. The summed E-state index contributed by atoms with van der Waals surface area (Å²) in [7, 11) is 0. The van der Waals surface area contributed by atoms with Gasteiger partial charge >= 0.3 is 0 Å². The number of amides is 2. The Hall–Kier alpha value is -2.74. The van der Waals surface area contributed by atoms with Crippen LogP contribution in [0.3, 0.4) is 0 Å². The summed E-state index contributed by atoms with van der Waals surface area (Å²) < 4.78 is 26.5. The van der Waals surface area contributed by atoms with E-state index in [-0.39, 0.29) is 18.2 Å². The maximum absolute atomic E-state index is 13.4. The fourth-order valence-electron chi connectivity index (χ4n) is 2.63. The fourth-order valence-corrected chi connectivity index (χ4v) is 3.71. The fraction of sp³-hybridized carbons (Fsp3) is 0.211. The Bertz CT molecular complexity index is 887. The molecule has 1 N–H and O–H groups in total. The molecule has 0 bridgehead atoms. The number of nitrogens with one attached hydrogen (secondary N) is 1. The lowest BCUT2D eigenvalue weighted by Gasteiger charge is -2.16. The number of rotatable bonds is 4. The Morgan fingerprint density at radius 3 is 2.59 bits per heavy atom. The van der Waals surface area contributed by atoms with E-state index in [2.05, 4.69) is 10.3 Å². The normalized spacial score (nSPS) is 17.5. The minimum absolute atomic E-state index is 0.00837. The first-order valence-corrected chi connectivity index (χ1v) is 9.22. The van der Waals surface area contributed by atoms with Crippen LogP contribution in [0.4, 0.5) is 20.2 Å². The second kappa shape index (κ2) is 8.30. The first kappa shape index (κ1) is 19.0. The van der Waals surface area contributed by atoms with Crippen molar-refractivity contribution in [1.82, 2.24) is 0 Å². The van der Waals surface area contributed by atoms with Crippen molar-refractivity contribution in [1.29, 1.82) is 0 Å². The van der Waals surface area contributed by atoms with Crippen LogP contribution in [-0.4, -0.2) is 28.8 Å². The summed E-state index contributed by atoms with van der Waals surface area (Å²) in [5.41, 5.74) is 0.837. The summed E-state index contributed by atoms with van der Waals surface area (Å²) in [6.07, 6.45) is 0.00837. The number of amidine groups is 1. The first-order chi connectivity index (χ1) is 13.0. The maximum Gasteiger partial charge on any atom is 0.247 e. The Morgan fingerprint density at radius 2 is 1.93 bits per heavy atom. The van der Waals surface area contributed by atoms with Crippen LogP contribution < -0.4 is 10.2 Å². The number of benzene rings is 2. The molecule has 1 aliphatic rings. The van der Waals surface area contributed by atoms with Gasteiger partial charge in [-0.15, -0.1) is 0 Å². The first-order valence-electron chi connectivity index (χ1n) is 8.34. The van der Waals surface area contributed by atoms with Crippen molar-refractivity contribution in [2.75, 3.05) is 16.8 Å². The van der Waals surface area contributed by atoms with Gasteiger partial charge in [0.15, 0.2) is 5.17 Å². The standard InChI is InChI=1S/C19H17F2N3O2S/c1-2-22-19(23-14-5-3-4-13(21)10-14)27-16-11-17(25)24(18(16)26)15-8-6-12(20)7-9-15/h3-10,16H,2,11H2,1H3,(H,22,23)/t16-/m1/s1. The predicted octanol–water partition coefficient (Wildman–Crippen LogP) is 3.82. The van der Waals surface area contributed by atoms with Gasteiger partial charge < -0.3 is 5.32 Å². The molecule has 0 aromatic heterocycles. The minimum atomic E-state index is -0.658. The molecule has 2 aromatic carbocycles. The molecule has 0 saturated carbocycles. The summed E-state index contributed by atoms with van der Waals surface area (Å²) in [5.74, 6) is -1.58. The highest BCUT2D eigenvalue weighted by molar-refractivity contribution is 8.15. The van der Waals surface area contributed by atoms with E-state index in [0.717, 1.165) is 16.7 Å². The number of anilines is 2. The lowest BCUT2D eigenvalue weighted by Crippen LogP contribution is -2.31. The molecule has 1 fully saturated rings. The van der Waals surface area contributed by atoms with Gasteiger partial charge in [0.1, 0.15) is 16.9 Å². The molecule has 2 amide bonds.